The summed E-state index contributed by atoms with van der Waals surface area (Å²) in [5, 5.41) is 6.93. The molecule has 1 amide bonds. The first-order valence-electron chi connectivity index (χ1n) is 8.84. The predicted octanol–water partition coefficient (Wildman–Crippen LogP) is 3.29. The fourth-order valence-electron chi connectivity index (χ4n) is 2.95. The van der Waals surface area contributed by atoms with Crippen molar-refractivity contribution in [1.29, 1.82) is 0 Å². The number of aryl methyl sites for hydroxylation is 1. The van der Waals surface area contributed by atoms with E-state index in [0.717, 1.165) is 29.9 Å². The van der Waals surface area contributed by atoms with E-state index >= 15 is 0 Å². The highest BCUT2D eigenvalue weighted by Crippen LogP contribution is 2.38. The highest BCUT2D eigenvalue weighted by molar-refractivity contribution is 6.01. The van der Waals surface area contributed by atoms with Gasteiger partial charge in [-0.15, -0.1) is 0 Å². The summed E-state index contributed by atoms with van der Waals surface area (Å²) in [5.74, 6) is 1.66. The van der Waals surface area contributed by atoms with Gasteiger partial charge in [-0.1, -0.05) is 35.5 Å². The van der Waals surface area contributed by atoms with Gasteiger partial charge in [0.2, 0.25) is 5.89 Å². The Kier molecular flexibility index (Phi) is 4.48. The first-order chi connectivity index (χ1) is 12.7. The molecule has 0 aliphatic heterocycles. The van der Waals surface area contributed by atoms with E-state index in [1.807, 2.05) is 43.3 Å². The largest absolute Gasteiger partial charge is 0.352 e. The van der Waals surface area contributed by atoms with Crippen LogP contribution < -0.4 is 5.32 Å². The van der Waals surface area contributed by atoms with Gasteiger partial charge >= 0.3 is 0 Å². The fraction of sp³-hybridized carbons (Fsp3) is 0.300. The summed E-state index contributed by atoms with van der Waals surface area (Å²) >= 11 is 0. The molecule has 4 rings (SSSR count). The average Bonchev–Trinajstić information content (AvgIpc) is 3.41. The zero-order valence-corrected chi connectivity index (χ0v) is 14.6. The van der Waals surface area contributed by atoms with Crippen LogP contribution in [0, 0.1) is 6.92 Å². The van der Waals surface area contributed by atoms with Crippen LogP contribution in [0.1, 0.15) is 46.5 Å². The smallest absolute Gasteiger partial charge is 0.253 e. The van der Waals surface area contributed by atoms with Crippen molar-refractivity contribution in [3.63, 3.8) is 0 Å². The number of pyridine rings is 1. The summed E-state index contributed by atoms with van der Waals surface area (Å²) in [6, 6.07) is 11.7. The molecule has 1 aliphatic carbocycles. The molecule has 0 radical (unpaired) electrons. The third-order valence-corrected chi connectivity index (χ3v) is 4.50. The summed E-state index contributed by atoms with van der Waals surface area (Å²) in [5.41, 5.74) is 3.19. The van der Waals surface area contributed by atoms with Crippen LogP contribution >= 0.6 is 0 Å². The van der Waals surface area contributed by atoms with Gasteiger partial charge in [-0.2, -0.15) is 4.98 Å². The summed E-state index contributed by atoms with van der Waals surface area (Å²) < 4.78 is 5.24. The number of hydrogen-bond donors (Lipinski definition) is 1. The minimum Gasteiger partial charge on any atom is -0.352 e. The van der Waals surface area contributed by atoms with Crippen molar-refractivity contribution in [3.05, 3.63) is 65.6 Å². The van der Waals surface area contributed by atoms with Crippen LogP contribution in [0.4, 0.5) is 0 Å². The van der Waals surface area contributed by atoms with Crippen LogP contribution in [0.15, 0.2) is 47.1 Å². The van der Waals surface area contributed by atoms with E-state index in [2.05, 4.69) is 20.4 Å². The van der Waals surface area contributed by atoms with Crippen molar-refractivity contribution in [3.8, 4) is 11.1 Å². The molecular formula is C20H20N4O2. The number of carbonyl (C=O) groups excluding carboxylic acids is 1. The molecule has 0 atom stereocenters. The second kappa shape index (κ2) is 7.07. The molecule has 0 spiro atoms. The summed E-state index contributed by atoms with van der Waals surface area (Å²) in [6.07, 6.45) is 4.52. The van der Waals surface area contributed by atoms with E-state index in [1.54, 1.807) is 6.20 Å². The minimum atomic E-state index is -0.139. The van der Waals surface area contributed by atoms with Crippen molar-refractivity contribution in [2.24, 2.45) is 0 Å². The second-order valence-corrected chi connectivity index (χ2v) is 6.51. The van der Waals surface area contributed by atoms with E-state index in [4.69, 9.17) is 4.52 Å². The summed E-state index contributed by atoms with van der Waals surface area (Å²) in [7, 11) is 0. The lowest BCUT2D eigenvalue weighted by molar-refractivity contribution is 0.0953. The molecule has 3 aromatic rings. The normalized spacial score (nSPS) is 13.6. The lowest BCUT2D eigenvalue weighted by atomic mass is 9.99. The van der Waals surface area contributed by atoms with E-state index in [9.17, 15) is 4.79 Å². The van der Waals surface area contributed by atoms with E-state index in [0.29, 0.717) is 36.0 Å². The molecular weight excluding hydrogens is 328 g/mol. The van der Waals surface area contributed by atoms with Crippen LogP contribution in [-0.4, -0.2) is 27.6 Å². The maximum absolute atomic E-state index is 12.8. The Labute approximate surface area is 151 Å². The Morgan fingerprint density at radius 3 is 2.81 bits per heavy atom. The molecule has 26 heavy (non-hydrogen) atoms. The van der Waals surface area contributed by atoms with Crippen molar-refractivity contribution in [2.45, 2.75) is 32.1 Å². The average molecular weight is 348 g/mol. The van der Waals surface area contributed by atoms with Crippen molar-refractivity contribution in [2.75, 3.05) is 6.54 Å². The highest BCUT2D eigenvalue weighted by atomic mass is 16.5. The standard InChI is InChI=1S/C20H20N4O2/c1-13-18(16(9-11-21-13)14-5-3-2-4-6-14)19(25)22-12-10-17-23-20(26-24-17)15-7-8-15/h2-6,9,11,15H,7-8,10,12H2,1H3,(H,22,25). The van der Waals surface area contributed by atoms with Crippen LogP contribution in [0.25, 0.3) is 11.1 Å². The lowest BCUT2D eigenvalue weighted by Gasteiger charge is -2.12. The Morgan fingerprint density at radius 2 is 2.04 bits per heavy atom. The fourth-order valence-corrected chi connectivity index (χ4v) is 2.95. The van der Waals surface area contributed by atoms with Gasteiger partial charge in [0.15, 0.2) is 5.82 Å². The van der Waals surface area contributed by atoms with E-state index < -0.39 is 0 Å². The van der Waals surface area contributed by atoms with Gasteiger partial charge < -0.3 is 9.84 Å². The van der Waals surface area contributed by atoms with E-state index in [1.165, 1.54) is 0 Å². The number of carbonyl (C=O) groups is 1. The van der Waals surface area contributed by atoms with Crippen molar-refractivity contribution in [1.82, 2.24) is 20.4 Å². The molecule has 0 unspecified atom stereocenters. The zero-order chi connectivity index (χ0) is 17.9. The highest BCUT2D eigenvalue weighted by Gasteiger charge is 2.29. The number of amides is 1. The van der Waals surface area contributed by atoms with Gasteiger partial charge in [0, 0.05) is 25.1 Å². The second-order valence-electron chi connectivity index (χ2n) is 6.51. The molecule has 1 saturated carbocycles. The zero-order valence-electron chi connectivity index (χ0n) is 14.6. The third-order valence-electron chi connectivity index (χ3n) is 4.50. The lowest BCUT2D eigenvalue weighted by Crippen LogP contribution is -2.27. The molecule has 1 fully saturated rings. The number of rotatable bonds is 6. The Balaban J connectivity index is 1.45. The van der Waals surface area contributed by atoms with Gasteiger partial charge in [0.1, 0.15) is 0 Å². The van der Waals surface area contributed by atoms with Gasteiger partial charge in [0.25, 0.3) is 5.91 Å². The Bertz CT molecular complexity index is 917. The van der Waals surface area contributed by atoms with Crippen molar-refractivity contribution < 1.29 is 9.32 Å². The minimum absolute atomic E-state index is 0.139. The van der Waals surface area contributed by atoms with Gasteiger partial charge in [-0.05, 0) is 37.0 Å². The molecule has 0 saturated heterocycles. The number of hydrogen-bond acceptors (Lipinski definition) is 5. The van der Waals surface area contributed by atoms with Crippen molar-refractivity contribution >= 4 is 5.91 Å². The Morgan fingerprint density at radius 1 is 1.23 bits per heavy atom. The Hall–Kier alpha value is -3.02. The van der Waals surface area contributed by atoms with Crippen LogP contribution in [0.5, 0.6) is 0 Å². The topological polar surface area (TPSA) is 80.9 Å². The summed E-state index contributed by atoms with van der Waals surface area (Å²) in [4.78, 5) is 21.4. The first-order valence-corrected chi connectivity index (χ1v) is 8.84. The molecule has 2 aromatic heterocycles. The van der Waals surface area contributed by atoms with Gasteiger partial charge in [-0.25, -0.2) is 0 Å². The number of nitrogens with one attached hydrogen (secondary N) is 1. The quantitative estimate of drug-likeness (QED) is 0.739. The third kappa shape index (κ3) is 3.49. The SMILES string of the molecule is Cc1nccc(-c2ccccc2)c1C(=O)NCCc1noc(C2CC2)n1. The predicted molar refractivity (Wildman–Crippen MR) is 96.7 cm³/mol. The monoisotopic (exact) mass is 348 g/mol. The van der Waals surface area contributed by atoms with Crippen LogP contribution in [0.2, 0.25) is 0 Å². The summed E-state index contributed by atoms with van der Waals surface area (Å²) in [6.45, 7) is 2.30. The van der Waals surface area contributed by atoms with Crippen LogP contribution in [-0.2, 0) is 6.42 Å². The number of nitrogens with zero attached hydrogens (tertiary/aromatic N) is 3. The molecule has 0 bridgehead atoms. The molecule has 6 heteroatoms. The van der Waals surface area contributed by atoms with Crippen LogP contribution in [0.3, 0.4) is 0 Å². The number of aromatic nitrogens is 3. The molecule has 1 N–H and O–H groups in total. The maximum Gasteiger partial charge on any atom is 0.253 e. The molecule has 2 heterocycles. The molecule has 1 aliphatic rings. The molecule has 6 nitrogen and oxygen atoms in total. The molecule has 132 valence electrons. The van der Waals surface area contributed by atoms with Gasteiger partial charge in [0.05, 0.1) is 11.3 Å². The maximum atomic E-state index is 12.8. The number of benzene rings is 1. The first kappa shape index (κ1) is 16.4. The van der Waals surface area contributed by atoms with E-state index in [-0.39, 0.29) is 5.91 Å². The van der Waals surface area contributed by atoms with Gasteiger partial charge in [-0.3, -0.25) is 9.78 Å². The molecule has 1 aromatic carbocycles.